The van der Waals surface area contributed by atoms with Crippen molar-refractivity contribution in [3.63, 3.8) is 0 Å². The highest BCUT2D eigenvalue weighted by Crippen LogP contribution is 2.36. The van der Waals surface area contributed by atoms with E-state index >= 15 is 0 Å². The lowest BCUT2D eigenvalue weighted by Crippen LogP contribution is -2.71. The number of benzene rings is 2. The fourth-order valence-electron chi connectivity index (χ4n) is 6.08. The molecule has 3 aliphatic rings. The van der Waals surface area contributed by atoms with Crippen LogP contribution in [0.2, 0.25) is 0 Å². The second-order valence-corrected chi connectivity index (χ2v) is 11.4. The van der Waals surface area contributed by atoms with Crippen molar-refractivity contribution in [2.45, 2.75) is 25.4 Å². The van der Waals surface area contributed by atoms with Crippen LogP contribution in [-0.4, -0.2) is 69.8 Å². The number of rotatable bonds is 5. The van der Waals surface area contributed by atoms with Crippen LogP contribution in [0.25, 0.3) is 5.65 Å². The standard InChI is InChI=1S/C30H33N7O2/c1-21-4-8-23(9-5-21)30(39)12-15-35(16-13-30)25-3-2-14-37-26(25)33-28(34-37)32-24-10-6-22(7-11-24)27(38)36-19-29(20-36)17-31-18-29/h2-11,14,31,39H,12-13,15-20H2,1H3,(H,32,34). The van der Waals surface area contributed by atoms with Gasteiger partial charge in [-0.15, -0.1) is 5.10 Å². The van der Waals surface area contributed by atoms with Gasteiger partial charge in [0.2, 0.25) is 5.95 Å². The van der Waals surface area contributed by atoms with Crippen LogP contribution in [0.15, 0.2) is 66.9 Å². The summed E-state index contributed by atoms with van der Waals surface area (Å²) >= 11 is 0. The van der Waals surface area contributed by atoms with E-state index in [4.69, 9.17) is 4.98 Å². The van der Waals surface area contributed by atoms with Gasteiger partial charge in [0.15, 0.2) is 5.65 Å². The van der Waals surface area contributed by atoms with E-state index in [1.165, 1.54) is 5.56 Å². The normalized spacial score (nSPS) is 19.5. The number of aliphatic hydroxyl groups is 1. The van der Waals surface area contributed by atoms with E-state index in [-0.39, 0.29) is 5.91 Å². The number of anilines is 3. The third kappa shape index (κ3) is 4.31. The van der Waals surface area contributed by atoms with Crippen molar-refractivity contribution in [1.82, 2.24) is 24.8 Å². The minimum atomic E-state index is -0.811. The largest absolute Gasteiger partial charge is 0.385 e. The van der Waals surface area contributed by atoms with Gasteiger partial charge in [-0.3, -0.25) is 4.79 Å². The number of pyridine rings is 1. The molecule has 2 aromatic carbocycles. The van der Waals surface area contributed by atoms with Crippen molar-refractivity contribution in [2.24, 2.45) is 5.41 Å². The maximum absolute atomic E-state index is 12.8. The molecule has 3 N–H and O–H groups in total. The summed E-state index contributed by atoms with van der Waals surface area (Å²) in [5.74, 6) is 0.585. The molecule has 200 valence electrons. The summed E-state index contributed by atoms with van der Waals surface area (Å²) in [6.07, 6.45) is 3.19. The van der Waals surface area contributed by atoms with Gasteiger partial charge in [-0.2, -0.15) is 4.98 Å². The minimum absolute atomic E-state index is 0.0883. The van der Waals surface area contributed by atoms with Gasteiger partial charge in [-0.05, 0) is 61.7 Å². The van der Waals surface area contributed by atoms with Crippen molar-refractivity contribution in [3.05, 3.63) is 83.6 Å². The Labute approximate surface area is 227 Å². The molecule has 5 heterocycles. The number of aryl methyl sites for hydroxylation is 1. The molecular weight excluding hydrogens is 490 g/mol. The topological polar surface area (TPSA) is 98.0 Å². The Hall–Kier alpha value is -3.95. The van der Waals surface area contributed by atoms with Gasteiger partial charge < -0.3 is 25.5 Å². The average molecular weight is 524 g/mol. The lowest BCUT2D eigenvalue weighted by atomic mass is 9.74. The Morgan fingerprint density at radius 2 is 1.72 bits per heavy atom. The molecule has 9 heteroatoms. The number of nitrogens with zero attached hydrogens (tertiary/aromatic N) is 5. The van der Waals surface area contributed by atoms with Crippen molar-refractivity contribution in [2.75, 3.05) is 49.5 Å². The molecule has 0 bridgehead atoms. The third-order valence-electron chi connectivity index (χ3n) is 8.59. The molecule has 0 aliphatic carbocycles. The molecule has 0 saturated carbocycles. The number of amides is 1. The highest BCUT2D eigenvalue weighted by Gasteiger charge is 2.49. The first kappa shape index (κ1) is 24.1. The quantitative estimate of drug-likeness (QED) is 0.369. The zero-order valence-corrected chi connectivity index (χ0v) is 22.1. The highest BCUT2D eigenvalue weighted by atomic mass is 16.3. The third-order valence-corrected chi connectivity index (χ3v) is 8.59. The number of likely N-dealkylation sites (tertiary alicyclic amines) is 1. The molecule has 4 aromatic rings. The lowest BCUT2D eigenvalue weighted by Gasteiger charge is -2.56. The predicted molar refractivity (Wildman–Crippen MR) is 150 cm³/mol. The molecule has 7 rings (SSSR count). The number of aromatic nitrogens is 3. The number of nitrogens with one attached hydrogen (secondary N) is 2. The van der Waals surface area contributed by atoms with E-state index in [0.29, 0.717) is 29.8 Å². The van der Waals surface area contributed by atoms with E-state index in [1.807, 2.05) is 53.6 Å². The van der Waals surface area contributed by atoms with Crippen molar-refractivity contribution < 1.29 is 9.90 Å². The fraction of sp³-hybridized carbons (Fsp3) is 0.367. The number of fused-ring (bicyclic) bond motifs is 1. The van der Waals surface area contributed by atoms with Gasteiger partial charge in [0.05, 0.1) is 11.3 Å². The maximum Gasteiger partial charge on any atom is 0.253 e. The van der Waals surface area contributed by atoms with E-state index < -0.39 is 5.60 Å². The second-order valence-electron chi connectivity index (χ2n) is 11.4. The van der Waals surface area contributed by atoms with Gasteiger partial charge in [0.25, 0.3) is 5.91 Å². The Morgan fingerprint density at radius 1 is 1.00 bits per heavy atom. The van der Waals surface area contributed by atoms with Gasteiger partial charge in [-0.1, -0.05) is 29.8 Å². The lowest BCUT2D eigenvalue weighted by molar-refractivity contribution is -0.0248. The monoisotopic (exact) mass is 523 g/mol. The molecule has 3 aliphatic heterocycles. The summed E-state index contributed by atoms with van der Waals surface area (Å²) in [5.41, 5.74) is 4.98. The Balaban J connectivity index is 1.03. The smallest absolute Gasteiger partial charge is 0.253 e. The summed E-state index contributed by atoms with van der Waals surface area (Å²) in [6, 6.07) is 19.8. The first-order valence-electron chi connectivity index (χ1n) is 13.7. The summed E-state index contributed by atoms with van der Waals surface area (Å²) in [7, 11) is 0. The maximum atomic E-state index is 12.8. The van der Waals surface area contributed by atoms with Crippen LogP contribution in [-0.2, 0) is 5.60 Å². The molecular formula is C30H33N7O2. The Kier molecular flexibility index (Phi) is 5.61. The van der Waals surface area contributed by atoms with Crippen LogP contribution >= 0.6 is 0 Å². The molecule has 3 saturated heterocycles. The first-order valence-corrected chi connectivity index (χ1v) is 13.7. The number of hydrogen-bond donors (Lipinski definition) is 3. The molecule has 1 amide bonds. The summed E-state index contributed by atoms with van der Waals surface area (Å²) in [6.45, 7) is 7.23. The summed E-state index contributed by atoms with van der Waals surface area (Å²) in [4.78, 5) is 21.8. The van der Waals surface area contributed by atoms with Crippen LogP contribution in [0.5, 0.6) is 0 Å². The molecule has 3 fully saturated rings. The van der Waals surface area contributed by atoms with E-state index in [0.717, 1.165) is 61.9 Å². The predicted octanol–water partition coefficient (Wildman–Crippen LogP) is 3.31. The van der Waals surface area contributed by atoms with E-state index in [1.54, 1.807) is 4.52 Å². The zero-order valence-electron chi connectivity index (χ0n) is 22.1. The van der Waals surface area contributed by atoms with Crippen LogP contribution in [0, 0.1) is 12.3 Å². The van der Waals surface area contributed by atoms with E-state index in [2.05, 4.69) is 45.8 Å². The Bertz CT molecular complexity index is 1510. The number of carbonyl (C=O) groups is 1. The van der Waals surface area contributed by atoms with E-state index in [9.17, 15) is 9.90 Å². The van der Waals surface area contributed by atoms with Gasteiger partial charge >= 0.3 is 0 Å². The highest BCUT2D eigenvalue weighted by molar-refractivity contribution is 5.95. The first-order chi connectivity index (χ1) is 18.9. The molecule has 0 unspecified atom stereocenters. The second kappa shape index (κ2) is 9.07. The van der Waals surface area contributed by atoms with Crippen molar-refractivity contribution in [3.8, 4) is 0 Å². The molecule has 2 aromatic heterocycles. The van der Waals surface area contributed by atoms with Crippen LogP contribution in [0.1, 0.15) is 34.3 Å². The van der Waals surface area contributed by atoms with Crippen molar-refractivity contribution >= 4 is 28.9 Å². The van der Waals surface area contributed by atoms with Gasteiger partial charge in [0, 0.05) is 62.1 Å². The number of piperidine rings is 1. The fourth-order valence-corrected chi connectivity index (χ4v) is 6.08. The number of hydrogen-bond acceptors (Lipinski definition) is 7. The average Bonchev–Trinajstić information content (AvgIpc) is 3.31. The van der Waals surface area contributed by atoms with Crippen molar-refractivity contribution in [1.29, 1.82) is 0 Å². The molecule has 39 heavy (non-hydrogen) atoms. The Morgan fingerprint density at radius 3 is 2.38 bits per heavy atom. The summed E-state index contributed by atoms with van der Waals surface area (Å²) < 4.78 is 1.78. The SMILES string of the molecule is Cc1ccc(C2(O)CCN(c3cccn4nc(Nc5ccc(C(=O)N6CC7(CNC7)C6)cc5)nc34)CC2)cc1. The van der Waals surface area contributed by atoms with Crippen LogP contribution in [0.4, 0.5) is 17.3 Å². The zero-order chi connectivity index (χ0) is 26.6. The molecule has 1 spiro atoms. The van der Waals surface area contributed by atoms with Crippen LogP contribution < -0.4 is 15.5 Å². The van der Waals surface area contributed by atoms with Gasteiger partial charge in [-0.25, -0.2) is 4.52 Å². The number of carbonyl (C=O) groups excluding carboxylic acids is 1. The minimum Gasteiger partial charge on any atom is -0.385 e. The summed E-state index contributed by atoms with van der Waals surface area (Å²) in [5, 5.41) is 22.5. The molecule has 9 nitrogen and oxygen atoms in total. The molecule has 0 atom stereocenters. The van der Waals surface area contributed by atoms with Crippen LogP contribution in [0.3, 0.4) is 0 Å². The molecule has 0 radical (unpaired) electrons. The van der Waals surface area contributed by atoms with Gasteiger partial charge in [0.1, 0.15) is 0 Å².